The standard InChI is InChI=1S/C14H21NO2S/c1-10(7-11-5-6-18-9-11)15-13-4-2-3-12(8-13)14(16)17/h5-6,9-10,12-13,15H,2-4,7-8H2,1H3,(H,16,17). The lowest BCUT2D eigenvalue weighted by molar-refractivity contribution is -0.143. The van der Waals surface area contributed by atoms with E-state index in [1.807, 2.05) is 0 Å². The summed E-state index contributed by atoms with van der Waals surface area (Å²) in [7, 11) is 0. The number of aliphatic carboxylic acids is 1. The van der Waals surface area contributed by atoms with Crippen LogP contribution in [0.4, 0.5) is 0 Å². The average molecular weight is 267 g/mol. The zero-order valence-corrected chi connectivity index (χ0v) is 11.6. The molecule has 1 fully saturated rings. The van der Waals surface area contributed by atoms with Gasteiger partial charge in [-0.1, -0.05) is 6.42 Å². The summed E-state index contributed by atoms with van der Waals surface area (Å²) in [5, 5.41) is 16.9. The zero-order chi connectivity index (χ0) is 13.0. The molecule has 1 aliphatic rings. The minimum atomic E-state index is -0.632. The molecule has 0 saturated heterocycles. The fourth-order valence-electron chi connectivity index (χ4n) is 2.79. The van der Waals surface area contributed by atoms with Crippen LogP contribution in [0.15, 0.2) is 16.8 Å². The van der Waals surface area contributed by atoms with E-state index in [0.29, 0.717) is 12.1 Å². The number of rotatable bonds is 5. The van der Waals surface area contributed by atoms with Crippen molar-refractivity contribution in [1.82, 2.24) is 5.32 Å². The second-order valence-electron chi connectivity index (χ2n) is 5.30. The van der Waals surface area contributed by atoms with Crippen molar-refractivity contribution in [3.8, 4) is 0 Å². The Morgan fingerprint density at radius 3 is 3.11 bits per heavy atom. The third-order valence-electron chi connectivity index (χ3n) is 3.67. The smallest absolute Gasteiger partial charge is 0.306 e. The van der Waals surface area contributed by atoms with E-state index in [9.17, 15) is 4.79 Å². The molecule has 3 nitrogen and oxygen atoms in total. The van der Waals surface area contributed by atoms with Gasteiger partial charge in [-0.05, 0) is 55.0 Å². The summed E-state index contributed by atoms with van der Waals surface area (Å²) in [4.78, 5) is 11.0. The molecular formula is C14H21NO2S. The predicted molar refractivity (Wildman–Crippen MR) is 74.0 cm³/mol. The third-order valence-corrected chi connectivity index (χ3v) is 4.40. The van der Waals surface area contributed by atoms with Crippen molar-refractivity contribution in [2.45, 2.75) is 51.1 Å². The molecule has 0 bridgehead atoms. The fraction of sp³-hybridized carbons (Fsp3) is 0.643. The Bertz CT molecular complexity index is 377. The van der Waals surface area contributed by atoms with E-state index in [4.69, 9.17) is 5.11 Å². The molecule has 3 atom stereocenters. The van der Waals surface area contributed by atoms with Gasteiger partial charge in [0.1, 0.15) is 0 Å². The van der Waals surface area contributed by atoms with Crippen LogP contribution in [0.2, 0.25) is 0 Å². The number of carbonyl (C=O) groups is 1. The first-order valence-corrected chi connectivity index (χ1v) is 7.59. The first-order valence-electron chi connectivity index (χ1n) is 6.65. The van der Waals surface area contributed by atoms with Crippen LogP contribution >= 0.6 is 11.3 Å². The Balaban J connectivity index is 1.79. The highest BCUT2D eigenvalue weighted by atomic mass is 32.1. The highest BCUT2D eigenvalue weighted by Crippen LogP contribution is 2.25. The second kappa shape index (κ2) is 6.34. The highest BCUT2D eigenvalue weighted by molar-refractivity contribution is 7.07. The van der Waals surface area contributed by atoms with Gasteiger partial charge < -0.3 is 10.4 Å². The SMILES string of the molecule is CC(Cc1ccsc1)NC1CCCC(C(=O)O)C1. The van der Waals surface area contributed by atoms with E-state index in [1.165, 1.54) is 5.56 Å². The Labute approximate surface area is 112 Å². The number of hydrogen-bond donors (Lipinski definition) is 2. The first kappa shape index (κ1) is 13.6. The van der Waals surface area contributed by atoms with Gasteiger partial charge in [-0.15, -0.1) is 0 Å². The first-order chi connectivity index (χ1) is 8.65. The average Bonchev–Trinajstić information content (AvgIpc) is 2.82. The Hall–Kier alpha value is -0.870. The van der Waals surface area contributed by atoms with Crippen molar-refractivity contribution < 1.29 is 9.90 Å². The van der Waals surface area contributed by atoms with Crippen LogP contribution in [0, 0.1) is 5.92 Å². The van der Waals surface area contributed by atoms with Crippen molar-refractivity contribution in [2.75, 3.05) is 0 Å². The summed E-state index contributed by atoms with van der Waals surface area (Å²) in [5.74, 6) is -0.781. The molecule has 2 rings (SSSR count). The molecule has 0 aromatic carbocycles. The van der Waals surface area contributed by atoms with Crippen LogP contribution < -0.4 is 5.32 Å². The van der Waals surface area contributed by atoms with Gasteiger partial charge in [0.15, 0.2) is 0 Å². The van der Waals surface area contributed by atoms with E-state index in [-0.39, 0.29) is 5.92 Å². The van der Waals surface area contributed by atoms with Crippen LogP contribution in [-0.4, -0.2) is 23.2 Å². The topological polar surface area (TPSA) is 49.3 Å². The maximum atomic E-state index is 11.0. The maximum Gasteiger partial charge on any atom is 0.306 e. The molecule has 1 aliphatic carbocycles. The Morgan fingerprint density at radius 2 is 2.44 bits per heavy atom. The van der Waals surface area contributed by atoms with E-state index in [0.717, 1.165) is 32.1 Å². The van der Waals surface area contributed by atoms with Crippen molar-refractivity contribution in [3.05, 3.63) is 22.4 Å². The number of nitrogens with one attached hydrogen (secondary N) is 1. The molecule has 1 aromatic heterocycles. The normalized spacial score (nSPS) is 25.8. The molecular weight excluding hydrogens is 246 g/mol. The Kier molecular flexibility index (Phi) is 4.78. The molecule has 0 radical (unpaired) electrons. The van der Waals surface area contributed by atoms with Gasteiger partial charge in [-0.2, -0.15) is 11.3 Å². The van der Waals surface area contributed by atoms with Gasteiger partial charge in [-0.3, -0.25) is 4.79 Å². The summed E-state index contributed by atoms with van der Waals surface area (Å²) >= 11 is 1.73. The van der Waals surface area contributed by atoms with E-state index < -0.39 is 5.97 Å². The molecule has 1 saturated carbocycles. The van der Waals surface area contributed by atoms with Crippen molar-refractivity contribution in [1.29, 1.82) is 0 Å². The van der Waals surface area contributed by atoms with E-state index in [1.54, 1.807) is 11.3 Å². The van der Waals surface area contributed by atoms with Crippen LogP contribution in [0.25, 0.3) is 0 Å². The highest BCUT2D eigenvalue weighted by Gasteiger charge is 2.27. The molecule has 2 N–H and O–H groups in total. The van der Waals surface area contributed by atoms with Crippen LogP contribution in [0.1, 0.15) is 38.2 Å². The predicted octanol–water partition coefficient (Wildman–Crippen LogP) is 2.91. The van der Waals surface area contributed by atoms with E-state index in [2.05, 4.69) is 29.1 Å². The van der Waals surface area contributed by atoms with Crippen molar-refractivity contribution in [2.24, 2.45) is 5.92 Å². The number of thiophene rings is 1. The quantitative estimate of drug-likeness (QED) is 0.862. The Morgan fingerprint density at radius 1 is 1.61 bits per heavy atom. The van der Waals surface area contributed by atoms with Gasteiger partial charge in [0.25, 0.3) is 0 Å². The molecule has 0 spiro atoms. The summed E-state index contributed by atoms with van der Waals surface area (Å²) in [6.45, 7) is 2.18. The monoisotopic (exact) mass is 267 g/mol. The molecule has 18 heavy (non-hydrogen) atoms. The number of carboxylic acids is 1. The van der Waals surface area contributed by atoms with Crippen LogP contribution in [0.3, 0.4) is 0 Å². The summed E-state index contributed by atoms with van der Waals surface area (Å²) in [6, 6.07) is 2.94. The maximum absolute atomic E-state index is 11.0. The molecule has 1 heterocycles. The lowest BCUT2D eigenvalue weighted by atomic mass is 9.85. The molecule has 3 unspecified atom stereocenters. The van der Waals surface area contributed by atoms with Crippen molar-refractivity contribution in [3.63, 3.8) is 0 Å². The lowest BCUT2D eigenvalue weighted by Crippen LogP contribution is -2.41. The third kappa shape index (κ3) is 3.82. The lowest BCUT2D eigenvalue weighted by Gasteiger charge is -2.30. The summed E-state index contributed by atoms with van der Waals surface area (Å²) < 4.78 is 0. The fourth-order valence-corrected chi connectivity index (χ4v) is 3.47. The zero-order valence-electron chi connectivity index (χ0n) is 10.8. The van der Waals surface area contributed by atoms with Gasteiger partial charge >= 0.3 is 5.97 Å². The molecule has 100 valence electrons. The molecule has 4 heteroatoms. The van der Waals surface area contributed by atoms with Gasteiger partial charge in [0, 0.05) is 12.1 Å². The summed E-state index contributed by atoms with van der Waals surface area (Å²) in [6.07, 6.45) is 4.78. The molecule has 0 amide bonds. The van der Waals surface area contributed by atoms with Crippen LogP contribution in [-0.2, 0) is 11.2 Å². The van der Waals surface area contributed by atoms with Gasteiger partial charge in [0.05, 0.1) is 5.92 Å². The second-order valence-corrected chi connectivity index (χ2v) is 6.08. The van der Waals surface area contributed by atoms with E-state index >= 15 is 0 Å². The minimum absolute atomic E-state index is 0.149. The number of carboxylic acid groups (broad SMARTS) is 1. The molecule has 1 aromatic rings. The number of hydrogen-bond acceptors (Lipinski definition) is 3. The minimum Gasteiger partial charge on any atom is -0.481 e. The molecule has 0 aliphatic heterocycles. The van der Waals surface area contributed by atoms with Crippen LogP contribution in [0.5, 0.6) is 0 Å². The summed E-state index contributed by atoms with van der Waals surface area (Å²) in [5.41, 5.74) is 1.37. The van der Waals surface area contributed by atoms with Crippen molar-refractivity contribution >= 4 is 17.3 Å². The van der Waals surface area contributed by atoms with Gasteiger partial charge in [-0.25, -0.2) is 0 Å². The van der Waals surface area contributed by atoms with Gasteiger partial charge in [0.2, 0.25) is 0 Å². The largest absolute Gasteiger partial charge is 0.481 e.